The van der Waals surface area contributed by atoms with E-state index in [-0.39, 0.29) is 5.91 Å². The maximum atomic E-state index is 11.7. The molecular formula is C14H14Cl2N2O2S. The number of amides is 1. The number of ether oxygens (including phenoxy) is 1. The van der Waals surface area contributed by atoms with Crippen LogP contribution in [0.4, 0.5) is 5.13 Å². The first-order valence-electron chi connectivity index (χ1n) is 6.38. The average molecular weight is 345 g/mol. The van der Waals surface area contributed by atoms with E-state index < -0.39 is 0 Å². The van der Waals surface area contributed by atoms with Crippen LogP contribution in [-0.4, -0.2) is 24.1 Å². The monoisotopic (exact) mass is 344 g/mol. The Hall–Kier alpha value is -1.14. The summed E-state index contributed by atoms with van der Waals surface area (Å²) >= 11 is 13.4. The molecule has 1 amide bonds. The van der Waals surface area contributed by atoms with E-state index in [9.17, 15) is 4.79 Å². The number of aromatic nitrogens is 1. The van der Waals surface area contributed by atoms with Crippen molar-refractivity contribution >= 4 is 45.6 Å². The molecule has 2 rings (SSSR count). The number of nitrogens with one attached hydrogen (secondary N) is 1. The normalized spacial score (nSPS) is 10.6. The first kappa shape index (κ1) is 16.2. The lowest BCUT2D eigenvalue weighted by Gasteiger charge is -2.02. The number of thiazole rings is 1. The van der Waals surface area contributed by atoms with Crippen molar-refractivity contribution in [3.8, 4) is 11.3 Å². The molecule has 1 aromatic heterocycles. The predicted octanol–water partition coefficient (Wildman–Crippen LogP) is 4.48. The molecule has 0 aliphatic heterocycles. The number of benzene rings is 1. The zero-order valence-corrected chi connectivity index (χ0v) is 13.7. The van der Waals surface area contributed by atoms with Gasteiger partial charge in [-0.3, -0.25) is 4.79 Å². The van der Waals surface area contributed by atoms with Crippen LogP contribution >= 0.6 is 34.5 Å². The number of halogens is 2. The molecule has 1 N–H and O–H groups in total. The van der Waals surface area contributed by atoms with Crippen LogP contribution in [0.3, 0.4) is 0 Å². The zero-order valence-electron chi connectivity index (χ0n) is 11.4. The van der Waals surface area contributed by atoms with Gasteiger partial charge in [0.05, 0.1) is 23.7 Å². The lowest BCUT2D eigenvalue weighted by molar-refractivity contribution is -0.117. The first-order valence-corrected chi connectivity index (χ1v) is 8.02. The molecule has 1 heterocycles. The van der Waals surface area contributed by atoms with Gasteiger partial charge in [0.25, 0.3) is 0 Å². The number of anilines is 1. The topological polar surface area (TPSA) is 51.2 Å². The highest BCUT2D eigenvalue weighted by molar-refractivity contribution is 7.14. The summed E-state index contributed by atoms with van der Waals surface area (Å²) in [5.41, 5.74) is 1.43. The molecule has 0 aliphatic carbocycles. The number of rotatable bonds is 6. The minimum atomic E-state index is -0.124. The van der Waals surface area contributed by atoms with E-state index in [0.717, 1.165) is 5.56 Å². The number of hydrogen-bond donors (Lipinski definition) is 1. The molecule has 0 saturated carbocycles. The van der Waals surface area contributed by atoms with Crippen LogP contribution in [0.2, 0.25) is 10.0 Å². The summed E-state index contributed by atoms with van der Waals surface area (Å²) in [5, 5.41) is 6.25. The minimum absolute atomic E-state index is 0.124. The van der Waals surface area contributed by atoms with Crippen molar-refractivity contribution < 1.29 is 9.53 Å². The molecule has 0 bridgehead atoms. The highest BCUT2D eigenvalue weighted by Crippen LogP contribution is 2.32. The molecule has 2 aromatic rings. The third kappa shape index (κ3) is 4.68. The van der Waals surface area contributed by atoms with Gasteiger partial charge in [0.1, 0.15) is 0 Å². The Bertz CT molecular complexity index is 631. The number of carbonyl (C=O) groups is 1. The Morgan fingerprint density at radius 2 is 2.24 bits per heavy atom. The van der Waals surface area contributed by atoms with Gasteiger partial charge in [-0.25, -0.2) is 4.98 Å². The second kappa shape index (κ2) is 7.75. The molecule has 0 saturated heterocycles. The number of carbonyl (C=O) groups excluding carboxylic acids is 1. The smallest absolute Gasteiger partial charge is 0.228 e. The summed E-state index contributed by atoms with van der Waals surface area (Å²) in [4.78, 5) is 16.0. The van der Waals surface area contributed by atoms with E-state index in [1.807, 2.05) is 12.3 Å². The Kier molecular flexibility index (Phi) is 5.99. The van der Waals surface area contributed by atoms with Crippen molar-refractivity contribution in [3.05, 3.63) is 33.6 Å². The van der Waals surface area contributed by atoms with Crippen LogP contribution in [0.1, 0.15) is 13.3 Å². The standard InChI is InChI=1S/C14H14Cl2N2O2S/c1-2-20-6-5-13(19)18-14-17-12(8-21-14)10-7-9(15)3-4-11(10)16/h3-4,7-8H,2,5-6H2,1H3,(H,17,18,19). The Morgan fingerprint density at radius 3 is 3.00 bits per heavy atom. The molecule has 21 heavy (non-hydrogen) atoms. The average Bonchev–Trinajstić information content (AvgIpc) is 2.90. The van der Waals surface area contributed by atoms with Crippen molar-refractivity contribution in [3.63, 3.8) is 0 Å². The third-order valence-electron chi connectivity index (χ3n) is 2.63. The van der Waals surface area contributed by atoms with E-state index in [1.165, 1.54) is 11.3 Å². The fourth-order valence-corrected chi connectivity index (χ4v) is 2.75. The maximum Gasteiger partial charge on any atom is 0.228 e. The molecule has 0 radical (unpaired) electrons. The lowest BCUT2D eigenvalue weighted by Crippen LogP contribution is -2.13. The first-order chi connectivity index (χ1) is 10.1. The Morgan fingerprint density at radius 1 is 1.43 bits per heavy atom. The molecular weight excluding hydrogens is 331 g/mol. The highest BCUT2D eigenvalue weighted by atomic mass is 35.5. The van der Waals surface area contributed by atoms with Gasteiger partial charge < -0.3 is 10.1 Å². The van der Waals surface area contributed by atoms with Gasteiger partial charge in [-0.05, 0) is 25.1 Å². The molecule has 0 fully saturated rings. The van der Waals surface area contributed by atoms with Crippen LogP contribution in [0.25, 0.3) is 11.3 Å². The van der Waals surface area contributed by atoms with Gasteiger partial charge in [-0.1, -0.05) is 23.2 Å². The van der Waals surface area contributed by atoms with Gasteiger partial charge in [0, 0.05) is 22.6 Å². The second-order valence-corrected chi connectivity index (χ2v) is 5.86. The fraction of sp³-hybridized carbons (Fsp3) is 0.286. The van der Waals surface area contributed by atoms with Gasteiger partial charge in [-0.2, -0.15) is 0 Å². The van der Waals surface area contributed by atoms with Gasteiger partial charge >= 0.3 is 0 Å². The number of nitrogens with zero attached hydrogens (tertiary/aromatic N) is 1. The summed E-state index contributed by atoms with van der Waals surface area (Å²) in [5.74, 6) is -0.124. The third-order valence-corrected chi connectivity index (χ3v) is 3.95. The molecule has 4 nitrogen and oxygen atoms in total. The summed E-state index contributed by atoms with van der Waals surface area (Å²) in [6, 6.07) is 5.19. The summed E-state index contributed by atoms with van der Waals surface area (Å²) in [6.45, 7) is 2.89. The molecule has 0 unspecified atom stereocenters. The number of hydrogen-bond acceptors (Lipinski definition) is 4. The van der Waals surface area contributed by atoms with Gasteiger partial charge in [0.15, 0.2) is 5.13 Å². The SMILES string of the molecule is CCOCCC(=O)Nc1nc(-c2cc(Cl)ccc2Cl)cs1. The predicted molar refractivity (Wildman–Crippen MR) is 87.3 cm³/mol. The quantitative estimate of drug-likeness (QED) is 0.785. The van der Waals surface area contributed by atoms with Crippen LogP contribution in [0.5, 0.6) is 0 Å². The van der Waals surface area contributed by atoms with E-state index in [4.69, 9.17) is 27.9 Å². The van der Waals surface area contributed by atoms with Crippen LogP contribution in [0, 0.1) is 0 Å². The summed E-state index contributed by atoms with van der Waals surface area (Å²) < 4.78 is 5.14. The molecule has 0 aliphatic rings. The van der Waals surface area contributed by atoms with E-state index in [1.54, 1.807) is 18.2 Å². The molecule has 1 aromatic carbocycles. The van der Waals surface area contributed by atoms with E-state index in [0.29, 0.717) is 40.5 Å². The summed E-state index contributed by atoms with van der Waals surface area (Å²) in [6.07, 6.45) is 0.306. The largest absolute Gasteiger partial charge is 0.381 e. The van der Waals surface area contributed by atoms with Crippen LogP contribution in [-0.2, 0) is 9.53 Å². The van der Waals surface area contributed by atoms with Crippen molar-refractivity contribution in [2.24, 2.45) is 0 Å². The molecule has 0 spiro atoms. The zero-order chi connectivity index (χ0) is 15.2. The second-order valence-electron chi connectivity index (χ2n) is 4.16. The lowest BCUT2D eigenvalue weighted by atomic mass is 10.2. The fourth-order valence-electron chi connectivity index (χ4n) is 1.64. The van der Waals surface area contributed by atoms with Crippen molar-refractivity contribution in [1.82, 2.24) is 4.98 Å². The van der Waals surface area contributed by atoms with Crippen molar-refractivity contribution in [1.29, 1.82) is 0 Å². The minimum Gasteiger partial charge on any atom is -0.381 e. The highest BCUT2D eigenvalue weighted by Gasteiger charge is 2.11. The molecule has 0 atom stereocenters. The van der Waals surface area contributed by atoms with Gasteiger partial charge in [0.2, 0.25) is 5.91 Å². The van der Waals surface area contributed by atoms with E-state index >= 15 is 0 Å². The van der Waals surface area contributed by atoms with Gasteiger partial charge in [-0.15, -0.1) is 11.3 Å². The van der Waals surface area contributed by atoms with E-state index in [2.05, 4.69) is 10.3 Å². The molecule has 112 valence electrons. The van der Waals surface area contributed by atoms with Crippen LogP contribution < -0.4 is 5.32 Å². The molecule has 7 heteroatoms. The van der Waals surface area contributed by atoms with Crippen LogP contribution in [0.15, 0.2) is 23.6 Å². The maximum absolute atomic E-state index is 11.7. The van der Waals surface area contributed by atoms with Crippen molar-refractivity contribution in [2.75, 3.05) is 18.5 Å². The van der Waals surface area contributed by atoms with Crippen molar-refractivity contribution in [2.45, 2.75) is 13.3 Å². The Balaban J connectivity index is 2.04. The summed E-state index contributed by atoms with van der Waals surface area (Å²) in [7, 11) is 0. The Labute approximate surface area is 137 Å².